The number of fused-ring (bicyclic) bond motifs is 1. The van der Waals surface area contributed by atoms with E-state index in [1.807, 2.05) is 13.8 Å². The predicted octanol–water partition coefficient (Wildman–Crippen LogP) is 2.45. The first-order valence-corrected chi connectivity index (χ1v) is 5.01. The van der Waals surface area contributed by atoms with E-state index in [1.54, 1.807) is 0 Å². The Morgan fingerprint density at radius 2 is 2.00 bits per heavy atom. The van der Waals surface area contributed by atoms with Gasteiger partial charge in [0, 0.05) is 18.1 Å². The Morgan fingerprint density at radius 1 is 1.35 bits per heavy atom. The molecule has 2 aromatic rings. The second kappa shape index (κ2) is 3.61. The van der Waals surface area contributed by atoms with Gasteiger partial charge in [-0.05, 0) is 5.92 Å². The fraction of sp³-hybridized carbons (Fsp3) is 0.400. The second-order valence-electron chi connectivity index (χ2n) is 4.04. The van der Waals surface area contributed by atoms with Crippen LogP contribution in [0.4, 0.5) is 19.0 Å². The SMILES string of the molecule is CC(C)c1cnc2c(N)nc(C(F)(F)F)cn12. The zero-order valence-electron chi connectivity index (χ0n) is 9.28. The smallest absolute Gasteiger partial charge is 0.381 e. The minimum Gasteiger partial charge on any atom is -0.381 e. The molecule has 0 amide bonds. The van der Waals surface area contributed by atoms with E-state index in [1.165, 1.54) is 10.6 Å². The molecule has 0 saturated heterocycles. The molecule has 0 atom stereocenters. The van der Waals surface area contributed by atoms with Gasteiger partial charge >= 0.3 is 6.18 Å². The zero-order chi connectivity index (χ0) is 12.8. The molecule has 2 heterocycles. The number of hydrogen-bond acceptors (Lipinski definition) is 3. The fourth-order valence-electron chi connectivity index (χ4n) is 1.59. The van der Waals surface area contributed by atoms with Crippen LogP contribution < -0.4 is 5.73 Å². The molecule has 0 bridgehead atoms. The van der Waals surface area contributed by atoms with Crippen LogP contribution in [0.15, 0.2) is 12.4 Å². The third-order valence-electron chi connectivity index (χ3n) is 2.43. The Balaban J connectivity index is 2.74. The molecule has 0 aliphatic rings. The molecule has 0 fully saturated rings. The summed E-state index contributed by atoms with van der Waals surface area (Å²) in [5, 5.41) is 0. The third-order valence-corrected chi connectivity index (χ3v) is 2.43. The molecule has 0 unspecified atom stereocenters. The molecule has 0 saturated carbocycles. The lowest BCUT2D eigenvalue weighted by Crippen LogP contribution is -2.12. The van der Waals surface area contributed by atoms with Crippen molar-refractivity contribution in [2.45, 2.75) is 25.9 Å². The summed E-state index contributed by atoms with van der Waals surface area (Å²) in [6.07, 6.45) is -2.08. The second-order valence-corrected chi connectivity index (χ2v) is 4.04. The average molecular weight is 244 g/mol. The first kappa shape index (κ1) is 11.7. The van der Waals surface area contributed by atoms with Crippen LogP contribution in [0, 0.1) is 0 Å². The molecule has 7 heteroatoms. The van der Waals surface area contributed by atoms with Crippen molar-refractivity contribution >= 4 is 11.5 Å². The van der Waals surface area contributed by atoms with Gasteiger partial charge in [-0.1, -0.05) is 13.8 Å². The maximum atomic E-state index is 12.6. The van der Waals surface area contributed by atoms with Gasteiger partial charge in [-0.25, -0.2) is 9.97 Å². The Labute approximate surface area is 95.3 Å². The Morgan fingerprint density at radius 3 is 2.53 bits per heavy atom. The molecule has 4 nitrogen and oxygen atoms in total. The van der Waals surface area contributed by atoms with Gasteiger partial charge in [-0.2, -0.15) is 13.2 Å². The summed E-state index contributed by atoms with van der Waals surface area (Å²) in [4.78, 5) is 7.29. The van der Waals surface area contributed by atoms with Crippen molar-refractivity contribution in [2.24, 2.45) is 0 Å². The lowest BCUT2D eigenvalue weighted by Gasteiger charge is -2.10. The number of nitrogens with two attached hydrogens (primary N) is 1. The highest BCUT2D eigenvalue weighted by atomic mass is 19.4. The predicted molar refractivity (Wildman–Crippen MR) is 56.5 cm³/mol. The van der Waals surface area contributed by atoms with Gasteiger partial charge in [0.05, 0.1) is 0 Å². The topological polar surface area (TPSA) is 56.2 Å². The van der Waals surface area contributed by atoms with Gasteiger partial charge < -0.3 is 5.73 Å². The number of halogens is 3. The van der Waals surface area contributed by atoms with Crippen LogP contribution in [0.3, 0.4) is 0 Å². The maximum absolute atomic E-state index is 12.6. The van der Waals surface area contributed by atoms with Crippen LogP contribution >= 0.6 is 0 Å². The van der Waals surface area contributed by atoms with Crippen molar-refractivity contribution in [1.82, 2.24) is 14.4 Å². The largest absolute Gasteiger partial charge is 0.434 e. The van der Waals surface area contributed by atoms with Gasteiger partial charge in [0.2, 0.25) is 0 Å². The van der Waals surface area contributed by atoms with Gasteiger partial charge in [-0.3, -0.25) is 4.40 Å². The van der Waals surface area contributed by atoms with Crippen molar-refractivity contribution in [1.29, 1.82) is 0 Å². The van der Waals surface area contributed by atoms with Crippen molar-refractivity contribution in [3.05, 3.63) is 23.8 Å². The number of nitrogens with zero attached hydrogens (tertiary/aromatic N) is 3. The molecule has 0 spiro atoms. The van der Waals surface area contributed by atoms with Gasteiger partial charge in [0.25, 0.3) is 0 Å². The highest BCUT2D eigenvalue weighted by Crippen LogP contribution is 2.30. The molecule has 92 valence electrons. The molecule has 0 aliphatic carbocycles. The number of hydrogen-bond donors (Lipinski definition) is 1. The van der Waals surface area contributed by atoms with E-state index in [2.05, 4.69) is 9.97 Å². The van der Waals surface area contributed by atoms with Crippen LogP contribution in [0.1, 0.15) is 31.2 Å². The zero-order valence-corrected chi connectivity index (χ0v) is 9.28. The summed E-state index contributed by atoms with van der Waals surface area (Å²) in [6, 6.07) is 0. The average Bonchev–Trinajstić information content (AvgIpc) is 2.60. The molecule has 0 aliphatic heterocycles. The molecular formula is C10H11F3N4. The summed E-state index contributed by atoms with van der Waals surface area (Å²) in [5.74, 6) is -0.167. The highest BCUT2D eigenvalue weighted by molar-refractivity contribution is 5.60. The van der Waals surface area contributed by atoms with E-state index < -0.39 is 11.9 Å². The molecule has 2 aromatic heterocycles. The highest BCUT2D eigenvalue weighted by Gasteiger charge is 2.34. The van der Waals surface area contributed by atoms with Gasteiger partial charge in [0.15, 0.2) is 17.2 Å². The molecular weight excluding hydrogens is 233 g/mol. The molecule has 2 N–H and O–H groups in total. The van der Waals surface area contributed by atoms with E-state index in [9.17, 15) is 13.2 Å². The number of nitrogen functional groups attached to an aromatic ring is 1. The lowest BCUT2D eigenvalue weighted by molar-refractivity contribution is -0.141. The molecule has 17 heavy (non-hydrogen) atoms. The number of rotatable bonds is 1. The third kappa shape index (κ3) is 1.92. The number of alkyl halides is 3. The Bertz CT molecular complexity index is 556. The van der Waals surface area contributed by atoms with E-state index >= 15 is 0 Å². The minimum absolute atomic E-state index is 0.0490. The van der Waals surface area contributed by atoms with Crippen molar-refractivity contribution in [3.63, 3.8) is 0 Å². The Kier molecular flexibility index (Phi) is 2.48. The summed E-state index contributed by atoms with van der Waals surface area (Å²) in [5.41, 5.74) is 5.38. The van der Waals surface area contributed by atoms with Crippen molar-refractivity contribution < 1.29 is 13.2 Å². The standard InChI is InChI=1S/C10H11F3N4/c1-5(2)6-3-15-9-8(14)16-7(4-17(6)9)10(11,12)13/h3-5H,1-2H3,(H2,14,16). The summed E-state index contributed by atoms with van der Waals surface area (Å²) in [7, 11) is 0. The quantitative estimate of drug-likeness (QED) is 0.838. The first-order chi connectivity index (χ1) is 7.80. The fourth-order valence-corrected chi connectivity index (χ4v) is 1.59. The van der Waals surface area contributed by atoms with Crippen LogP contribution in [0.5, 0.6) is 0 Å². The number of anilines is 1. The minimum atomic E-state index is -4.51. The molecule has 0 aromatic carbocycles. The van der Waals surface area contributed by atoms with Crippen molar-refractivity contribution in [3.8, 4) is 0 Å². The number of imidazole rings is 1. The van der Waals surface area contributed by atoms with Crippen LogP contribution in [-0.2, 0) is 6.18 Å². The van der Waals surface area contributed by atoms with E-state index in [0.29, 0.717) is 5.69 Å². The van der Waals surface area contributed by atoms with Crippen molar-refractivity contribution in [2.75, 3.05) is 5.73 Å². The van der Waals surface area contributed by atoms with E-state index in [-0.39, 0.29) is 17.4 Å². The van der Waals surface area contributed by atoms with Crippen LogP contribution in [-0.4, -0.2) is 14.4 Å². The van der Waals surface area contributed by atoms with E-state index in [4.69, 9.17) is 5.73 Å². The molecule has 0 radical (unpaired) electrons. The summed E-state index contributed by atoms with van der Waals surface area (Å²) >= 11 is 0. The molecule has 2 rings (SSSR count). The van der Waals surface area contributed by atoms with Gasteiger partial charge in [0.1, 0.15) is 0 Å². The van der Waals surface area contributed by atoms with Crippen LogP contribution in [0.2, 0.25) is 0 Å². The lowest BCUT2D eigenvalue weighted by atomic mass is 10.1. The van der Waals surface area contributed by atoms with E-state index in [0.717, 1.165) is 6.20 Å². The summed E-state index contributed by atoms with van der Waals surface area (Å²) in [6.45, 7) is 3.74. The first-order valence-electron chi connectivity index (χ1n) is 5.01. The monoisotopic (exact) mass is 244 g/mol. The normalized spacial score (nSPS) is 12.6. The van der Waals surface area contributed by atoms with Gasteiger partial charge in [-0.15, -0.1) is 0 Å². The Hall–Kier alpha value is -1.79. The summed E-state index contributed by atoms with van der Waals surface area (Å²) < 4.78 is 39.1. The maximum Gasteiger partial charge on any atom is 0.434 e. The van der Waals surface area contributed by atoms with Crippen LogP contribution in [0.25, 0.3) is 5.65 Å². The number of aromatic nitrogens is 3.